The van der Waals surface area contributed by atoms with Crippen molar-refractivity contribution in [3.8, 4) is 5.75 Å². The van der Waals surface area contributed by atoms with Crippen molar-refractivity contribution in [2.24, 2.45) is 0 Å². The third kappa shape index (κ3) is 5.07. The van der Waals surface area contributed by atoms with Crippen molar-refractivity contribution in [2.45, 2.75) is 52.3 Å². The highest BCUT2D eigenvalue weighted by Gasteiger charge is 2.32. The second kappa shape index (κ2) is 9.22. The first-order valence-electron chi connectivity index (χ1n) is 10.1. The van der Waals surface area contributed by atoms with E-state index in [0.29, 0.717) is 24.7 Å². The maximum atomic E-state index is 6.47. The predicted octanol–water partition coefficient (Wildman–Crippen LogP) is 4.26. The molecule has 0 saturated heterocycles. The summed E-state index contributed by atoms with van der Waals surface area (Å²) in [5.41, 5.74) is 11.3. The van der Waals surface area contributed by atoms with Gasteiger partial charge in [0.05, 0.1) is 24.9 Å². The van der Waals surface area contributed by atoms with Gasteiger partial charge in [0.2, 0.25) is 5.95 Å². The van der Waals surface area contributed by atoms with Crippen LogP contribution < -0.4 is 10.5 Å². The second-order valence-electron chi connectivity index (χ2n) is 8.53. The van der Waals surface area contributed by atoms with E-state index in [2.05, 4.69) is 42.0 Å². The quantitative estimate of drug-likeness (QED) is 0.415. The lowest BCUT2D eigenvalue weighted by atomic mass is 10.1. The van der Waals surface area contributed by atoms with Crippen molar-refractivity contribution in [3.05, 3.63) is 39.9 Å². The van der Waals surface area contributed by atoms with Crippen molar-refractivity contribution in [3.63, 3.8) is 0 Å². The molecule has 0 saturated carbocycles. The zero-order valence-corrected chi connectivity index (χ0v) is 20.8. The Hall–Kier alpha value is -2.03. The Balaban J connectivity index is 1.96. The molecule has 3 heterocycles. The molecule has 1 unspecified atom stereocenters. The average molecular weight is 465 g/mol. The van der Waals surface area contributed by atoms with E-state index >= 15 is 0 Å². The number of aryl methyl sites for hydroxylation is 1. The molecule has 3 aromatic heterocycles. The van der Waals surface area contributed by atoms with E-state index in [4.69, 9.17) is 26.3 Å². The van der Waals surface area contributed by atoms with Gasteiger partial charge in [-0.05, 0) is 34.6 Å². The summed E-state index contributed by atoms with van der Waals surface area (Å²) in [5.74, 6) is 1.01. The monoisotopic (exact) mass is 464 g/mol. The first-order chi connectivity index (χ1) is 14.5. The van der Waals surface area contributed by atoms with Gasteiger partial charge in [-0.25, -0.2) is 4.98 Å². The Kier molecular flexibility index (Phi) is 7.03. The molecular formula is C22H31ClN5O2S+. The summed E-state index contributed by atoms with van der Waals surface area (Å²) < 4.78 is 13.8. The van der Waals surface area contributed by atoms with Crippen LogP contribution in [0, 0.1) is 13.8 Å². The molecule has 31 heavy (non-hydrogen) atoms. The first-order valence-corrected chi connectivity index (χ1v) is 12.1. The summed E-state index contributed by atoms with van der Waals surface area (Å²) in [6, 6.07) is 0. The molecule has 0 aliphatic heterocycles. The van der Waals surface area contributed by atoms with E-state index in [-0.39, 0.29) is 21.9 Å². The lowest BCUT2D eigenvalue weighted by Gasteiger charge is -2.16. The summed E-state index contributed by atoms with van der Waals surface area (Å²) in [7, 11) is 1.68. The van der Waals surface area contributed by atoms with Crippen LogP contribution in [0.15, 0.2) is 12.4 Å². The van der Waals surface area contributed by atoms with Crippen LogP contribution in [0.25, 0.3) is 11.0 Å². The third-order valence-electron chi connectivity index (χ3n) is 5.32. The van der Waals surface area contributed by atoms with Crippen LogP contribution >= 0.6 is 11.6 Å². The van der Waals surface area contributed by atoms with E-state index in [1.807, 2.05) is 30.8 Å². The molecule has 1 atom stereocenters. The van der Waals surface area contributed by atoms with Gasteiger partial charge in [-0.3, -0.25) is 4.98 Å². The van der Waals surface area contributed by atoms with Crippen LogP contribution in [0.4, 0.5) is 5.95 Å². The van der Waals surface area contributed by atoms with Crippen LogP contribution in [0.3, 0.4) is 0 Å². The molecule has 7 nitrogen and oxygen atoms in total. The summed E-state index contributed by atoms with van der Waals surface area (Å²) >= 11 is 6.31. The molecule has 0 amide bonds. The number of nitrogens with zero attached hydrogens (tertiary/aromatic N) is 4. The molecule has 0 radical (unpaired) electrons. The summed E-state index contributed by atoms with van der Waals surface area (Å²) in [6.07, 6.45) is 6.58. The lowest BCUT2D eigenvalue weighted by molar-refractivity contribution is 0.333. The smallest absolute Gasteiger partial charge is 0.222 e. The normalized spacial score (nSPS) is 13.0. The molecule has 0 aliphatic carbocycles. The van der Waals surface area contributed by atoms with Gasteiger partial charge in [0, 0.05) is 35.5 Å². The van der Waals surface area contributed by atoms with Crippen LogP contribution in [-0.4, -0.2) is 44.2 Å². The number of halogens is 1. The average Bonchev–Trinajstić information content (AvgIpc) is 3.01. The van der Waals surface area contributed by atoms with Crippen molar-refractivity contribution in [1.82, 2.24) is 19.5 Å². The molecule has 0 aromatic carbocycles. The number of hydrogen-bond donors (Lipinski definition) is 1. The van der Waals surface area contributed by atoms with Gasteiger partial charge in [-0.2, -0.15) is 9.17 Å². The maximum absolute atomic E-state index is 6.47. The standard InChI is InChI=1S/C22H31ClN5O2S/c1-13-11-25-16(14(2)19(13)29-6)10-15-12-28(8-9-30-31(7)22(3,4)5)18-17(15)26-21(24)27-20(18)23/h11-12H,8-10H2,1-7H3,(H2,24,26,27)/q+1. The topological polar surface area (TPSA) is 88.1 Å². The third-order valence-corrected chi connectivity index (χ3v) is 7.83. The number of nitrogen functional groups attached to an aromatic ring is 1. The van der Waals surface area contributed by atoms with Crippen LogP contribution in [0.2, 0.25) is 5.15 Å². The number of nitrogens with two attached hydrogens (primary N) is 1. The Morgan fingerprint density at radius 2 is 1.94 bits per heavy atom. The second-order valence-corrected chi connectivity index (χ2v) is 11.3. The fourth-order valence-electron chi connectivity index (χ4n) is 3.41. The van der Waals surface area contributed by atoms with Gasteiger partial charge in [-0.1, -0.05) is 11.6 Å². The van der Waals surface area contributed by atoms with Crippen molar-refractivity contribution in [1.29, 1.82) is 0 Å². The molecule has 2 N–H and O–H groups in total. The van der Waals surface area contributed by atoms with E-state index in [1.54, 1.807) is 7.11 Å². The van der Waals surface area contributed by atoms with E-state index in [1.165, 1.54) is 0 Å². The van der Waals surface area contributed by atoms with Crippen molar-refractivity contribution >= 4 is 39.8 Å². The zero-order valence-electron chi connectivity index (χ0n) is 19.2. The van der Waals surface area contributed by atoms with Crippen LogP contribution in [0.1, 0.15) is 43.2 Å². The summed E-state index contributed by atoms with van der Waals surface area (Å²) in [6.45, 7) is 11.7. The van der Waals surface area contributed by atoms with Gasteiger partial charge < -0.3 is 15.0 Å². The van der Waals surface area contributed by atoms with E-state index in [9.17, 15) is 0 Å². The summed E-state index contributed by atoms with van der Waals surface area (Å²) in [5, 5.41) is 0.339. The molecule has 168 valence electrons. The fraction of sp³-hybridized carbons (Fsp3) is 0.500. The summed E-state index contributed by atoms with van der Waals surface area (Å²) in [4.78, 5) is 13.3. The van der Waals surface area contributed by atoms with Gasteiger partial charge in [0.25, 0.3) is 0 Å². The van der Waals surface area contributed by atoms with E-state index in [0.717, 1.165) is 39.2 Å². The molecule has 3 rings (SSSR count). The molecule has 0 aliphatic rings. The minimum absolute atomic E-state index is 0.104. The van der Waals surface area contributed by atoms with Crippen LogP contribution in [0.5, 0.6) is 5.75 Å². The van der Waals surface area contributed by atoms with Crippen molar-refractivity contribution in [2.75, 3.05) is 25.7 Å². The molecular weight excluding hydrogens is 434 g/mol. The molecule has 0 fully saturated rings. The van der Waals surface area contributed by atoms with Gasteiger partial charge in [0.1, 0.15) is 35.3 Å². The number of methoxy groups -OCH3 is 1. The number of hydrogen-bond acceptors (Lipinski definition) is 6. The molecule has 0 bridgehead atoms. The zero-order chi connectivity index (χ0) is 22.9. The SMILES string of the molecule is COc1c(C)cnc(Cc2cn(CCO[S+](C)C(C)(C)C)c3c(Cl)nc(N)nc23)c1C. The van der Waals surface area contributed by atoms with Crippen LogP contribution in [-0.2, 0) is 28.3 Å². The number of ether oxygens (including phenoxy) is 1. The Bertz CT molecular complexity index is 1090. The Morgan fingerprint density at radius 1 is 1.23 bits per heavy atom. The Morgan fingerprint density at radius 3 is 2.58 bits per heavy atom. The van der Waals surface area contributed by atoms with Gasteiger partial charge in [-0.15, -0.1) is 0 Å². The molecule has 0 spiro atoms. The number of fused-ring (bicyclic) bond motifs is 1. The number of aromatic nitrogens is 4. The largest absolute Gasteiger partial charge is 0.496 e. The minimum atomic E-state index is -0.159. The highest BCUT2D eigenvalue weighted by molar-refractivity contribution is 7.93. The predicted molar refractivity (Wildman–Crippen MR) is 129 cm³/mol. The molecule has 3 aromatic rings. The minimum Gasteiger partial charge on any atom is -0.496 e. The lowest BCUT2D eigenvalue weighted by Crippen LogP contribution is -2.29. The highest BCUT2D eigenvalue weighted by Crippen LogP contribution is 2.30. The Labute approximate surface area is 191 Å². The number of pyridine rings is 1. The highest BCUT2D eigenvalue weighted by atomic mass is 35.5. The fourth-order valence-corrected chi connectivity index (χ4v) is 4.37. The maximum Gasteiger partial charge on any atom is 0.222 e. The van der Waals surface area contributed by atoms with Gasteiger partial charge >= 0.3 is 0 Å². The van der Waals surface area contributed by atoms with Crippen molar-refractivity contribution < 1.29 is 8.92 Å². The first kappa shape index (κ1) is 23.6. The number of anilines is 1. The van der Waals surface area contributed by atoms with E-state index < -0.39 is 0 Å². The molecule has 9 heteroatoms. The number of rotatable bonds is 7. The van der Waals surface area contributed by atoms with Gasteiger partial charge in [0.15, 0.2) is 9.90 Å².